The molecule has 0 spiro atoms. The first kappa shape index (κ1) is 15.9. The Hall–Kier alpha value is -2.01. The Morgan fingerprint density at radius 3 is 2.91 bits per heavy atom. The quantitative estimate of drug-likeness (QED) is 0.913. The number of nitrogens with one attached hydrogen (secondary N) is 1. The zero-order valence-electron chi connectivity index (χ0n) is 13.5. The fraction of sp³-hybridized carbons (Fsp3) is 0.333. The molecule has 1 amide bonds. The van der Waals surface area contributed by atoms with Gasteiger partial charge in [-0.15, -0.1) is 0 Å². The smallest absolute Gasteiger partial charge is 0.259 e. The number of nitrogens with zero attached hydrogens (tertiary/aromatic N) is 2. The molecule has 1 atom stereocenters. The van der Waals surface area contributed by atoms with Crippen molar-refractivity contribution in [3.8, 4) is 0 Å². The molecule has 0 bridgehead atoms. The van der Waals surface area contributed by atoms with Gasteiger partial charge in [-0.1, -0.05) is 18.2 Å². The van der Waals surface area contributed by atoms with Crippen molar-refractivity contribution in [1.82, 2.24) is 4.98 Å². The Balaban J connectivity index is 1.72. The molecule has 2 heterocycles. The summed E-state index contributed by atoms with van der Waals surface area (Å²) in [4.78, 5) is 18.9. The highest BCUT2D eigenvalue weighted by Crippen LogP contribution is 2.28. The van der Waals surface area contributed by atoms with Crippen molar-refractivity contribution in [3.63, 3.8) is 0 Å². The predicted molar refractivity (Wildman–Crippen MR) is 97.5 cm³/mol. The molecule has 23 heavy (non-hydrogen) atoms. The predicted octanol–water partition coefficient (Wildman–Crippen LogP) is 3.45. The SMILES string of the molecule is CSCC(C)Nc1ccc(C(=O)N2CCc3ccccc32)cn1. The van der Waals surface area contributed by atoms with Crippen molar-refractivity contribution in [1.29, 1.82) is 0 Å². The van der Waals surface area contributed by atoms with E-state index in [4.69, 9.17) is 0 Å². The first-order valence-corrected chi connectivity index (χ1v) is 9.19. The van der Waals surface area contributed by atoms with Gasteiger partial charge in [0.05, 0.1) is 5.56 Å². The monoisotopic (exact) mass is 327 g/mol. The number of pyridine rings is 1. The zero-order chi connectivity index (χ0) is 16.2. The number of amides is 1. The van der Waals surface area contributed by atoms with Gasteiger partial charge in [-0.25, -0.2) is 4.98 Å². The molecule has 0 fully saturated rings. The first-order valence-electron chi connectivity index (χ1n) is 7.80. The first-order chi connectivity index (χ1) is 11.2. The number of thioether (sulfide) groups is 1. The standard InChI is InChI=1S/C18H21N3OS/c1-13(12-23-2)20-17-8-7-15(11-19-17)18(22)21-10-9-14-5-3-4-6-16(14)21/h3-8,11,13H,9-10,12H2,1-2H3,(H,19,20). The lowest BCUT2D eigenvalue weighted by Crippen LogP contribution is -2.29. The van der Waals surface area contributed by atoms with Crippen LogP contribution in [0.5, 0.6) is 0 Å². The van der Waals surface area contributed by atoms with Crippen LogP contribution in [0, 0.1) is 0 Å². The van der Waals surface area contributed by atoms with Crippen LogP contribution in [0.2, 0.25) is 0 Å². The van der Waals surface area contributed by atoms with Crippen LogP contribution in [0.1, 0.15) is 22.8 Å². The van der Waals surface area contributed by atoms with Gasteiger partial charge in [-0.05, 0) is 43.4 Å². The average molecular weight is 327 g/mol. The Labute approximate surface area is 141 Å². The second-order valence-electron chi connectivity index (χ2n) is 5.77. The molecule has 5 heteroatoms. The largest absolute Gasteiger partial charge is 0.367 e. The molecule has 0 saturated carbocycles. The Bertz CT molecular complexity index is 687. The van der Waals surface area contributed by atoms with Crippen molar-refractivity contribution >= 4 is 29.2 Å². The van der Waals surface area contributed by atoms with Crippen LogP contribution in [-0.2, 0) is 6.42 Å². The summed E-state index contributed by atoms with van der Waals surface area (Å²) < 4.78 is 0. The minimum atomic E-state index is 0.0196. The topological polar surface area (TPSA) is 45.2 Å². The lowest BCUT2D eigenvalue weighted by Gasteiger charge is -2.18. The maximum atomic E-state index is 12.7. The third-order valence-electron chi connectivity index (χ3n) is 3.95. The third-order valence-corrected chi connectivity index (χ3v) is 4.79. The Morgan fingerprint density at radius 1 is 1.35 bits per heavy atom. The number of benzene rings is 1. The fourth-order valence-electron chi connectivity index (χ4n) is 2.85. The summed E-state index contributed by atoms with van der Waals surface area (Å²) in [6, 6.07) is 12.2. The van der Waals surface area contributed by atoms with Crippen LogP contribution in [0.25, 0.3) is 0 Å². The van der Waals surface area contributed by atoms with Crippen LogP contribution >= 0.6 is 11.8 Å². The minimum Gasteiger partial charge on any atom is -0.367 e. The summed E-state index contributed by atoms with van der Waals surface area (Å²) in [6.45, 7) is 2.86. The molecule has 3 rings (SSSR count). The lowest BCUT2D eigenvalue weighted by atomic mass is 10.2. The van der Waals surface area contributed by atoms with E-state index in [1.54, 1.807) is 18.0 Å². The molecule has 4 nitrogen and oxygen atoms in total. The molecule has 0 saturated heterocycles. The number of para-hydroxylation sites is 1. The Morgan fingerprint density at radius 2 is 2.17 bits per heavy atom. The van der Waals surface area contributed by atoms with E-state index in [0.717, 1.165) is 30.2 Å². The van der Waals surface area contributed by atoms with E-state index < -0.39 is 0 Å². The van der Waals surface area contributed by atoms with E-state index in [-0.39, 0.29) is 5.91 Å². The van der Waals surface area contributed by atoms with E-state index >= 15 is 0 Å². The number of carbonyl (C=O) groups excluding carboxylic acids is 1. The van der Waals surface area contributed by atoms with Crippen molar-refractivity contribution in [2.75, 3.05) is 28.8 Å². The van der Waals surface area contributed by atoms with Crippen LogP contribution in [0.4, 0.5) is 11.5 Å². The van der Waals surface area contributed by atoms with Gasteiger partial charge in [0.2, 0.25) is 0 Å². The molecule has 1 aliphatic heterocycles. The molecule has 0 aliphatic carbocycles. The minimum absolute atomic E-state index is 0.0196. The molecule has 0 radical (unpaired) electrons. The lowest BCUT2D eigenvalue weighted by molar-refractivity contribution is 0.0989. The summed E-state index contributed by atoms with van der Waals surface area (Å²) in [5, 5.41) is 3.34. The molecule has 120 valence electrons. The van der Waals surface area contributed by atoms with Crippen molar-refractivity contribution in [2.24, 2.45) is 0 Å². The van der Waals surface area contributed by atoms with Gasteiger partial charge in [0.1, 0.15) is 5.82 Å². The van der Waals surface area contributed by atoms with E-state index in [1.807, 2.05) is 35.2 Å². The van der Waals surface area contributed by atoms with E-state index in [9.17, 15) is 4.79 Å². The number of aromatic nitrogens is 1. The number of anilines is 2. The number of fused-ring (bicyclic) bond motifs is 1. The van der Waals surface area contributed by atoms with Crippen LogP contribution in [0.15, 0.2) is 42.6 Å². The molecule has 1 N–H and O–H groups in total. The number of hydrogen-bond donors (Lipinski definition) is 1. The highest BCUT2D eigenvalue weighted by molar-refractivity contribution is 7.98. The highest BCUT2D eigenvalue weighted by Gasteiger charge is 2.25. The fourth-order valence-corrected chi connectivity index (χ4v) is 3.44. The van der Waals surface area contributed by atoms with Crippen molar-refractivity contribution in [3.05, 3.63) is 53.7 Å². The summed E-state index contributed by atoms with van der Waals surface area (Å²) >= 11 is 1.80. The summed E-state index contributed by atoms with van der Waals surface area (Å²) in [6.07, 6.45) is 4.67. The number of carbonyl (C=O) groups is 1. The number of rotatable bonds is 5. The molecular weight excluding hydrogens is 306 g/mol. The Kier molecular flexibility index (Phi) is 4.86. The van der Waals surface area contributed by atoms with Crippen LogP contribution in [-0.4, -0.2) is 35.5 Å². The second-order valence-corrected chi connectivity index (χ2v) is 6.68. The van der Waals surface area contributed by atoms with Crippen molar-refractivity contribution < 1.29 is 4.79 Å². The van der Waals surface area contributed by atoms with E-state index in [2.05, 4.69) is 29.5 Å². The molecule has 1 aromatic carbocycles. The molecule has 1 aromatic heterocycles. The molecular formula is C18H21N3OS. The summed E-state index contributed by atoms with van der Waals surface area (Å²) in [7, 11) is 0. The summed E-state index contributed by atoms with van der Waals surface area (Å²) in [5.74, 6) is 1.85. The second kappa shape index (κ2) is 7.04. The number of hydrogen-bond acceptors (Lipinski definition) is 4. The highest BCUT2D eigenvalue weighted by atomic mass is 32.2. The molecule has 2 aromatic rings. The molecule has 1 aliphatic rings. The van der Waals surface area contributed by atoms with Crippen LogP contribution in [0.3, 0.4) is 0 Å². The summed E-state index contributed by atoms with van der Waals surface area (Å²) in [5.41, 5.74) is 2.89. The van der Waals surface area contributed by atoms with E-state index in [0.29, 0.717) is 11.6 Å². The van der Waals surface area contributed by atoms with Gasteiger partial charge < -0.3 is 10.2 Å². The van der Waals surface area contributed by atoms with Gasteiger partial charge in [-0.2, -0.15) is 11.8 Å². The van der Waals surface area contributed by atoms with Gasteiger partial charge in [0, 0.05) is 30.2 Å². The molecule has 1 unspecified atom stereocenters. The van der Waals surface area contributed by atoms with Crippen molar-refractivity contribution in [2.45, 2.75) is 19.4 Å². The van der Waals surface area contributed by atoms with E-state index in [1.165, 1.54) is 5.56 Å². The maximum Gasteiger partial charge on any atom is 0.259 e. The van der Waals surface area contributed by atoms with Gasteiger partial charge >= 0.3 is 0 Å². The van der Waals surface area contributed by atoms with Gasteiger partial charge in [0.15, 0.2) is 0 Å². The third kappa shape index (κ3) is 3.50. The average Bonchev–Trinajstić information content (AvgIpc) is 2.99. The normalized spacial score (nSPS) is 14.4. The van der Waals surface area contributed by atoms with Gasteiger partial charge in [0.25, 0.3) is 5.91 Å². The zero-order valence-corrected chi connectivity index (χ0v) is 14.3. The van der Waals surface area contributed by atoms with Gasteiger partial charge in [-0.3, -0.25) is 4.79 Å². The maximum absolute atomic E-state index is 12.7. The van der Waals surface area contributed by atoms with Crippen LogP contribution < -0.4 is 10.2 Å².